The number of rotatable bonds is 10. The van der Waals surface area contributed by atoms with Gasteiger partial charge in [-0.2, -0.15) is 0 Å². The van der Waals surface area contributed by atoms with Crippen LogP contribution in [0, 0.1) is 13.8 Å². The van der Waals surface area contributed by atoms with Gasteiger partial charge in [0.15, 0.2) is 5.65 Å². The molecule has 1 fully saturated rings. The number of aryl methyl sites for hydroxylation is 3. The molecular weight excluding hydrogens is 432 g/mol. The molecule has 35 heavy (non-hydrogen) atoms. The minimum atomic E-state index is 0.804. The topological polar surface area (TPSA) is 40.4 Å². The van der Waals surface area contributed by atoms with Crippen molar-refractivity contribution in [3.8, 4) is 0 Å². The van der Waals surface area contributed by atoms with Crippen LogP contribution in [0.3, 0.4) is 0 Å². The Labute approximate surface area is 211 Å². The smallest absolute Gasteiger partial charge is 0.160 e. The van der Waals surface area contributed by atoms with Crippen molar-refractivity contribution in [2.24, 2.45) is 0 Å². The van der Waals surface area contributed by atoms with Gasteiger partial charge in [-0.15, -0.1) is 0 Å². The minimum absolute atomic E-state index is 0.804. The maximum absolute atomic E-state index is 4.88. The van der Waals surface area contributed by atoms with Crippen LogP contribution in [0.5, 0.6) is 0 Å². The van der Waals surface area contributed by atoms with Crippen molar-refractivity contribution in [3.63, 3.8) is 0 Å². The lowest BCUT2D eigenvalue weighted by molar-refractivity contribution is 0.139. The highest BCUT2D eigenvalue weighted by molar-refractivity contribution is 5.76. The molecule has 3 heterocycles. The first-order chi connectivity index (χ1) is 16.9. The number of piperazine rings is 1. The number of pyridine rings is 1. The largest absolute Gasteiger partial charge is 0.309 e. The third-order valence-electron chi connectivity index (χ3n) is 6.96. The van der Waals surface area contributed by atoms with E-state index in [0.29, 0.717) is 0 Å². The third-order valence-corrected chi connectivity index (χ3v) is 6.96. The molecule has 0 atom stereocenters. The Hall–Kier alpha value is -2.54. The summed E-state index contributed by atoms with van der Waals surface area (Å²) < 4.78 is 2.28. The molecule has 4 rings (SSSR count). The summed E-state index contributed by atoms with van der Waals surface area (Å²) in [7, 11) is 4.31. The van der Waals surface area contributed by atoms with E-state index in [0.717, 1.165) is 55.3 Å². The van der Waals surface area contributed by atoms with Crippen molar-refractivity contribution >= 4 is 17.2 Å². The molecular formula is C29H42N6. The summed E-state index contributed by atoms with van der Waals surface area (Å²) in [6, 6.07) is 11.0. The molecule has 1 aliphatic rings. The fraction of sp³-hybridized carbons (Fsp3) is 0.517. The van der Waals surface area contributed by atoms with E-state index >= 15 is 0 Å². The van der Waals surface area contributed by atoms with Crippen molar-refractivity contribution in [2.45, 2.75) is 40.2 Å². The Bertz CT molecular complexity index is 1120. The van der Waals surface area contributed by atoms with Crippen molar-refractivity contribution in [1.82, 2.24) is 29.2 Å². The van der Waals surface area contributed by atoms with Gasteiger partial charge in [-0.05, 0) is 70.2 Å². The van der Waals surface area contributed by atoms with Crippen molar-refractivity contribution in [2.75, 3.05) is 59.9 Å². The van der Waals surface area contributed by atoms with Gasteiger partial charge in [0, 0.05) is 44.8 Å². The Balaban J connectivity index is 1.30. The molecule has 6 heteroatoms. The van der Waals surface area contributed by atoms with Crippen molar-refractivity contribution in [3.05, 3.63) is 64.6 Å². The van der Waals surface area contributed by atoms with Crippen molar-refractivity contribution in [1.29, 1.82) is 0 Å². The van der Waals surface area contributed by atoms with Crippen LogP contribution in [0.15, 0.2) is 36.4 Å². The summed E-state index contributed by atoms with van der Waals surface area (Å²) in [4.78, 5) is 17.1. The first-order valence-electron chi connectivity index (χ1n) is 13.1. The maximum atomic E-state index is 4.88. The van der Waals surface area contributed by atoms with Crippen LogP contribution in [0.25, 0.3) is 17.2 Å². The molecule has 1 saturated heterocycles. The summed E-state index contributed by atoms with van der Waals surface area (Å²) in [5.41, 5.74) is 6.81. The van der Waals surface area contributed by atoms with Gasteiger partial charge in [0.2, 0.25) is 0 Å². The summed E-state index contributed by atoms with van der Waals surface area (Å²) >= 11 is 0. The van der Waals surface area contributed by atoms with Gasteiger partial charge >= 0.3 is 0 Å². The maximum Gasteiger partial charge on any atom is 0.160 e. The molecule has 2 aromatic heterocycles. The molecule has 0 N–H and O–H groups in total. The number of benzene rings is 1. The average molecular weight is 475 g/mol. The molecule has 0 amide bonds. The Morgan fingerprint density at radius 1 is 0.971 bits per heavy atom. The fourth-order valence-electron chi connectivity index (χ4n) is 4.95. The van der Waals surface area contributed by atoms with Gasteiger partial charge in [-0.3, -0.25) is 4.90 Å². The lowest BCUT2D eigenvalue weighted by atomic mass is 10.1. The molecule has 0 bridgehead atoms. The summed E-state index contributed by atoms with van der Waals surface area (Å²) in [5.74, 6) is 1.10. The lowest BCUT2D eigenvalue weighted by Gasteiger charge is -2.34. The van der Waals surface area contributed by atoms with Gasteiger partial charge < -0.3 is 14.4 Å². The van der Waals surface area contributed by atoms with Gasteiger partial charge in [0.25, 0.3) is 0 Å². The van der Waals surface area contributed by atoms with Crippen LogP contribution in [-0.4, -0.2) is 89.1 Å². The highest BCUT2D eigenvalue weighted by Crippen LogP contribution is 2.21. The quantitative estimate of drug-likeness (QED) is 0.440. The number of nitrogens with zero attached hydrogens (tertiary/aromatic N) is 6. The number of fused-ring (bicyclic) bond motifs is 1. The van der Waals surface area contributed by atoms with Crippen molar-refractivity contribution < 1.29 is 0 Å². The molecule has 0 aliphatic carbocycles. The highest BCUT2D eigenvalue weighted by atomic mass is 15.3. The summed E-state index contributed by atoms with van der Waals surface area (Å²) in [6.45, 7) is 15.3. The van der Waals surface area contributed by atoms with Gasteiger partial charge in [0.05, 0.1) is 6.54 Å². The van der Waals surface area contributed by atoms with Crippen LogP contribution < -0.4 is 0 Å². The predicted octanol–water partition coefficient (Wildman–Crippen LogP) is 4.24. The lowest BCUT2D eigenvalue weighted by Crippen LogP contribution is -2.46. The Morgan fingerprint density at radius 2 is 1.69 bits per heavy atom. The zero-order chi connectivity index (χ0) is 24.8. The van der Waals surface area contributed by atoms with Gasteiger partial charge in [0.1, 0.15) is 11.3 Å². The van der Waals surface area contributed by atoms with Crippen LogP contribution in [0.4, 0.5) is 0 Å². The Morgan fingerprint density at radius 3 is 2.37 bits per heavy atom. The molecule has 1 aliphatic heterocycles. The highest BCUT2D eigenvalue weighted by Gasteiger charge is 2.16. The standard InChI is InChI=1S/C29H42N6/c1-6-27-31-28-23(2)21-24(3)30-29(28)35(27)22-26-12-10-25(11-13-26)9-7-15-33-17-19-34(20-18-33)16-8-14-32(4)5/h7,9-13,21H,6,8,14-20,22H2,1-5H3. The van der Waals surface area contributed by atoms with E-state index in [-0.39, 0.29) is 0 Å². The van der Waals surface area contributed by atoms with E-state index in [1.165, 1.54) is 49.3 Å². The van der Waals surface area contributed by atoms with E-state index in [1.807, 2.05) is 0 Å². The van der Waals surface area contributed by atoms with Gasteiger partial charge in [-0.25, -0.2) is 9.97 Å². The number of hydrogen-bond donors (Lipinski definition) is 0. The van der Waals surface area contributed by atoms with E-state index in [9.17, 15) is 0 Å². The average Bonchev–Trinajstić information content (AvgIpc) is 3.18. The first-order valence-corrected chi connectivity index (χ1v) is 13.1. The van der Waals surface area contributed by atoms with E-state index < -0.39 is 0 Å². The van der Waals surface area contributed by atoms with Crippen LogP contribution in [-0.2, 0) is 13.0 Å². The first kappa shape index (κ1) is 25.5. The monoisotopic (exact) mass is 474 g/mol. The second kappa shape index (κ2) is 11.9. The molecule has 6 nitrogen and oxygen atoms in total. The fourth-order valence-corrected chi connectivity index (χ4v) is 4.95. The van der Waals surface area contributed by atoms with Crippen LogP contribution in [0.1, 0.15) is 41.6 Å². The van der Waals surface area contributed by atoms with Crippen LogP contribution >= 0.6 is 0 Å². The molecule has 188 valence electrons. The normalized spacial score (nSPS) is 15.7. The second-order valence-electron chi connectivity index (χ2n) is 10.2. The molecule has 0 unspecified atom stereocenters. The zero-order valence-electron chi connectivity index (χ0n) is 22.3. The summed E-state index contributed by atoms with van der Waals surface area (Å²) in [6.07, 6.45) is 6.73. The minimum Gasteiger partial charge on any atom is -0.309 e. The van der Waals surface area contributed by atoms with Crippen LogP contribution in [0.2, 0.25) is 0 Å². The number of hydrogen-bond acceptors (Lipinski definition) is 5. The molecule has 1 aromatic carbocycles. The van der Waals surface area contributed by atoms with E-state index in [4.69, 9.17) is 9.97 Å². The third kappa shape index (κ3) is 6.78. The molecule has 0 saturated carbocycles. The molecule has 0 radical (unpaired) electrons. The summed E-state index contributed by atoms with van der Waals surface area (Å²) in [5, 5.41) is 0. The second-order valence-corrected chi connectivity index (χ2v) is 10.2. The zero-order valence-corrected chi connectivity index (χ0v) is 22.3. The molecule has 0 spiro atoms. The van der Waals surface area contributed by atoms with E-state index in [1.54, 1.807) is 0 Å². The number of imidazole rings is 1. The SMILES string of the molecule is CCc1nc2c(C)cc(C)nc2n1Cc1ccc(C=CCN2CCN(CCCN(C)C)CC2)cc1. The number of aromatic nitrogens is 3. The predicted molar refractivity (Wildman–Crippen MR) is 147 cm³/mol. The Kier molecular flexibility index (Phi) is 8.71. The van der Waals surface area contributed by atoms with Gasteiger partial charge in [-0.1, -0.05) is 43.3 Å². The molecule has 3 aromatic rings. The van der Waals surface area contributed by atoms with E-state index in [2.05, 4.69) is 96.6 Å².